The van der Waals surface area contributed by atoms with Crippen LogP contribution in [0.2, 0.25) is 0 Å². The van der Waals surface area contributed by atoms with Gasteiger partial charge in [-0.15, -0.1) is 0 Å². The summed E-state index contributed by atoms with van der Waals surface area (Å²) >= 11 is 0. The van der Waals surface area contributed by atoms with Crippen molar-refractivity contribution in [3.8, 4) is 0 Å². The molecule has 4 nitrogen and oxygen atoms in total. The molecule has 4 atom stereocenters. The van der Waals surface area contributed by atoms with E-state index >= 15 is 0 Å². The molecule has 2 N–H and O–H groups in total. The molecule has 0 aromatic carbocycles. The van der Waals surface area contributed by atoms with E-state index in [2.05, 4.69) is 6.92 Å². The van der Waals surface area contributed by atoms with Gasteiger partial charge < -0.3 is 14.9 Å². The molecule has 106 valence electrons. The minimum absolute atomic E-state index is 0.0773. The van der Waals surface area contributed by atoms with Crippen LogP contribution >= 0.6 is 0 Å². The molecular weight excluding hydrogens is 244 g/mol. The number of hydrogen-bond acceptors (Lipinski definition) is 4. The zero-order valence-electron chi connectivity index (χ0n) is 11.8. The van der Waals surface area contributed by atoms with Crippen molar-refractivity contribution >= 4 is 5.97 Å². The van der Waals surface area contributed by atoms with Gasteiger partial charge in [-0.3, -0.25) is 0 Å². The third-order valence-corrected chi connectivity index (χ3v) is 5.57. The zero-order chi connectivity index (χ0) is 14.1. The summed E-state index contributed by atoms with van der Waals surface area (Å²) < 4.78 is 5.21. The van der Waals surface area contributed by atoms with Gasteiger partial charge in [0.1, 0.15) is 0 Å². The Bertz CT molecular complexity index is 479. The van der Waals surface area contributed by atoms with Crippen molar-refractivity contribution < 1.29 is 19.7 Å². The molecule has 2 fully saturated rings. The second-order valence-electron chi connectivity index (χ2n) is 7.08. The first-order valence-corrected chi connectivity index (χ1v) is 7.06. The number of carbonyl (C=O) groups is 1. The van der Waals surface area contributed by atoms with E-state index in [1.54, 1.807) is 6.92 Å². The Morgan fingerprint density at radius 1 is 1.26 bits per heavy atom. The van der Waals surface area contributed by atoms with Gasteiger partial charge in [-0.25, -0.2) is 4.79 Å². The fraction of sp³-hybridized carbons (Fsp3) is 0.800. The number of aliphatic hydroxyl groups is 2. The van der Waals surface area contributed by atoms with E-state index in [0.717, 1.165) is 19.3 Å². The van der Waals surface area contributed by atoms with Crippen LogP contribution in [0, 0.1) is 11.3 Å². The second kappa shape index (κ2) is 3.61. The molecule has 0 spiro atoms. The quantitative estimate of drug-likeness (QED) is 0.657. The van der Waals surface area contributed by atoms with E-state index in [1.807, 2.05) is 6.92 Å². The van der Waals surface area contributed by atoms with Crippen molar-refractivity contribution in [1.29, 1.82) is 0 Å². The number of hydrogen-bond donors (Lipinski definition) is 2. The van der Waals surface area contributed by atoms with Gasteiger partial charge in [-0.2, -0.15) is 0 Å². The lowest BCUT2D eigenvalue weighted by Gasteiger charge is -2.55. The van der Waals surface area contributed by atoms with Crippen molar-refractivity contribution in [2.45, 2.75) is 64.3 Å². The van der Waals surface area contributed by atoms with Crippen LogP contribution in [-0.2, 0) is 9.53 Å². The fourth-order valence-electron chi connectivity index (χ4n) is 4.54. The molecule has 0 aromatic heterocycles. The number of esters is 1. The molecule has 0 unspecified atom stereocenters. The Kier molecular flexibility index (Phi) is 2.50. The van der Waals surface area contributed by atoms with Gasteiger partial charge in [0, 0.05) is 17.6 Å². The highest BCUT2D eigenvalue weighted by molar-refractivity contribution is 5.92. The summed E-state index contributed by atoms with van der Waals surface area (Å²) in [4.78, 5) is 11.7. The molecule has 0 saturated heterocycles. The SMILES string of the molecule is CC1=C2C[C@@H]3[C@](C)(CCC[C@@]3(C)O)C[C@]2(O)OC1=O. The molecule has 3 aliphatic rings. The van der Waals surface area contributed by atoms with E-state index < -0.39 is 17.4 Å². The lowest BCUT2D eigenvalue weighted by atomic mass is 9.53. The number of fused-ring (bicyclic) bond motifs is 2. The maximum Gasteiger partial charge on any atom is 0.336 e. The van der Waals surface area contributed by atoms with E-state index in [-0.39, 0.29) is 11.3 Å². The van der Waals surface area contributed by atoms with Crippen molar-refractivity contribution in [2.75, 3.05) is 0 Å². The predicted molar refractivity (Wildman–Crippen MR) is 69.0 cm³/mol. The predicted octanol–water partition coefficient (Wildman–Crippen LogP) is 1.90. The van der Waals surface area contributed by atoms with Gasteiger partial charge >= 0.3 is 5.97 Å². The fourth-order valence-corrected chi connectivity index (χ4v) is 4.54. The summed E-state index contributed by atoms with van der Waals surface area (Å²) in [5.74, 6) is -1.77. The Morgan fingerprint density at radius 3 is 2.63 bits per heavy atom. The highest BCUT2D eigenvalue weighted by Gasteiger charge is 2.60. The third-order valence-electron chi connectivity index (χ3n) is 5.57. The molecule has 3 rings (SSSR count). The van der Waals surface area contributed by atoms with Gasteiger partial charge in [-0.05, 0) is 44.4 Å². The molecule has 2 saturated carbocycles. The summed E-state index contributed by atoms with van der Waals surface area (Å²) in [6.45, 7) is 5.68. The van der Waals surface area contributed by atoms with Crippen LogP contribution in [-0.4, -0.2) is 27.6 Å². The normalized spacial score (nSPS) is 49.7. The van der Waals surface area contributed by atoms with E-state index in [4.69, 9.17) is 4.74 Å². The zero-order valence-corrected chi connectivity index (χ0v) is 11.8. The maximum atomic E-state index is 11.7. The summed E-state index contributed by atoms with van der Waals surface area (Å²) in [5.41, 5.74) is 0.297. The average Bonchev–Trinajstić information content (AvgIpc) is 2.45. The average molecular weight is 266 g/mol. The maximum absolute atomic E-state index is 11.7. The van der Waals surface area contributed by atoms with E-state index in [1.165, 1.54) is 0 Å². The molecule has 19 heavy (non-hydrogen) atoms. The van der Waals surface area contributed by atoms with Gasteiger partial charge in [0.2, 0.25) is 5.79 Å². The first-order valence-electron chi connectivity index (χ1n) is 7.06. The van der Waals surface area contributed by atoms with Crippen LogP contribution in [0.4, 0.5) is 0 Å². The smallest absolute Gasteiger partial charge is 0.336 e. The lowest BCUT2D eigenvalue weighted by Crippen LogP contribution is -2.56. The molecule has 0 amide bonds. The highest BCUT2D eigenvalue weighted by atomic mass is 16.7. The van der Waals surface area contributed by atoms with Crippen molar-refractivity contribution in [2.24, 2.45) is 11.3 Å². The summed E-state index contributed by atoms with van der Waals surface area (Å²) in [7, 11) is 0. The Hall–Kier alpha value is -0.870. The summed E-state index contributed by atoms with van der Waals surface area (Å²) in [6, 6.07) is 0. The molecule has 1 heterocycles. The van der Waals surface area contributed by atoms with Crippen molar-refractivity contribution in [1.82, 2.24) is 0 Å². The molecule has 4 heteroatoms. The molecule has 1 aliphatic heterocycles. The Balaban J connectivity index is 2.05. The van der Waals surface area contributed by atoms with Crippen molar-refractivity contribution in [3.05, 3.63) is 11.1 Å². The highest BCUT2D eigenvalue weighted by Crippen LogP contribution is 2.59. The molecule has 0 aromatic rings. The van der Waals surface area contributed by atoms with Gasteiger partial charge in [-0.1, -0.05) is 13.3 Å². The van der Waals surface area contributed by atoms with Crippen LogP contribution in [0.5, 0.6) is 0 Å². The van der Waals surface area contributed by atoms with Crippen LogP contribution in [0.3, 0.4) is 0 Å². The van der Waals surface area contributed by atoms with E-state index in [9.17, 15) is 15.0 Å². The molecule has 0 bridgehead atoms. The third kappa shape index (κ3) is 1.69. The molecule has 2 aliphatic carbocycles. The minimum atomic E-state index is -1.43. The van der Waals surface area contributed by atoms with Gasteiger partial charge in [0.25, 0.3) is 0 Å². The molecule has 0 radical (unpaired) electrons. The summed E-state index contributed by atoms with van der Waals surface area (Å²) in [6.07, 6.45) is 3.64. The number of carbonyl (C=O) groups excluding carboxylic acids is 1. The van der Waals surface area contributed by atoms with E-state index in [0.29, 0.717) is 24.0 Å². The first-order chi connectivity index (χ1) is 8.68. The van der Waals surface area contributed by atoms with Crippen LogP contribution in [0.1, 0.15) is 52.9 Å². The molecular formula is C15H22O4. The first kappa shape index (κ1) is 13.1. The largest absolute Gasteiger partial charge is 0.426 e. The summed E-state index contributed by atoms with van der Waals surface area (Å²) in [5, 5.41) is 21.3. The lowest BCUT2D eigenvalue weighted by molar-refractivity contribution is -0.220. The van der Waals surface area contributed by atoms with Crippen LogP contribution < -0.4 is 0 Å². The second-order valence-corrected chi connectivity index (χ2v) is 7.08. The minimum Gasteiger partial charge on any atom is -0.426 e. The van der Waals surface area contributed by atoms with Crippen LogP contribution in [0.15, 0.2) is 11.1 Å². The number of rotatable bonds is 0. The Labute approximate surface area is 113 Å². The number of ether oxygens (including phenoxy) is 1. The van der Waals surface area contributed by atoms with Gasteiger partial charge in [0.05, 0.1) is 5.60 Å². The standard InChI is InChI=1S/C15H22O4/c1-9-10-7-11-13(2,5-4-6-14(11,3)17)8-15(10,18)19-12(9)16/h11,17-18H,4-8H2,1-3H3/t11-,13-,14-,15+/m1/s1. The Morgan fingerprint density at radius 2 is 1.95 bits per heavy atom. The topological polar surface area (TPSA) is 66.8 Å². The monoisotopic (exact) mass is 266 g/mol. The van der Waals surface area contributed by atoms with Crippen molar-refractivity contribution in [3.63, 3.8) is 0 Å². The van der Waals surface area contributed by atoms with Crippen LogP contribution in [0.25, 0.3) is 0 Å². The van der Waals surface area contributed by atoms with Gasteiger partial charge in [0.15, 0.2) is 0 Å².